The van der Waals surface area contributed by atoms with E-state index in [-0.39, 0.29) is 16.4 Å². The summed E-state index contributed by atoms with van der Waals surface area (Å²) in [6.07, 6.45) is 1.72. The summed E-state index contributed by atoms with van der Waals surface area (Å²) in [7, 11) is -0.0702. The van der Waals surface area contributed by atoms with Crippen LogP contribution in [0.25, 0.3) is 0 Å². The minimum Gasteiger partial charge on any atom is -0.289 e. The van der Waals surface area contributed by atoms with Gasteiger partial charge in [-0.3, -0.25) is 9.69 Å². The lowest BCUT2D eigenvalue weighted by Gasteiger charge is -2.10. The Morgan fingerprint density at radius 1 is 1.78 bits per heavy atom. The zero-order valence-corrected chi connectivity index (χ0v) is 13.0. The van der Waals surface area contributed by atoms with Crippen LogP contribution in [0.15, 0.2) is 12.7 Å². The Morgan fingerprint density at radius 2 is 2.50 bits per heavy atom. The molecule has 2 aliphatic heterocycles. The fraction of sp³-hybridized carbons (Fsp3) is 0.500. The summed E-state index contributed by atoms with van der Waals surface area (Å²) >= 11 is 6.72. The molecule has 0 radical (unpaired) electrons. The first-order valence-electron chi connectivity index (χ1n) is 5.90. The van der Waals surface area contributed by atoms with Gasteiger partial charge in [-0.2, -0.15) is 0 Å². The first-order chi connectivity index (χ1) is 8.58. The van der Waals surface area contributed by atoms with Crippen LogP contribution in [-0.2, 0) is 4.79 Å². The molecule has 0 saturated carbocycles. The second-order valence-electron chi connectivity index (χ2n) is 4.24. The van der Waals surface area contributed by atoms with E-state index in [0.717, 1.165) is 16.5 Å². The van der Waals surface area contributed by atoms with Gasteiger partial charge in [-0.25, -0.2) is 4.58 Å². The summed E-state index contributed by atoms with van der Waals surface area (Å²) in [4.78, 5) is 13.9. The standard InChI is InChI=1S/C12H17N2OS3/c1-4-6-14-10(15)11(17-12(14)16)18-7-9(3)13(5-2)8-18/h4,8-9H,1,5-7H2,2-3H3/q+1. The molecule has 1 amide bonds. The average Bonchev–Trinajstić information content (AvgIpc) is 2.84. The van der Waals surface area contributed by atoms with Gasteiger partial charge >= 0.3 is 0 Å². The van der Waals surface area contributed by atoms with Crippen LogP contribution in [0.5, 0.6) is 0 Å². The van der Waals surface area contributed by atoms with E-state index in [2.05, 4.69) is 30.5 Å². The van der Waals surface area contributed by atoms with Gasteiger partial charge in [0.2, 0.25) is 0 Å². The van der Waals surface area contributed by atoms with Crippen LogP contribution >= 0.6 is 34.5 Å². The largest absolute Gasteiger partial charge is 0.289 e. The third-order valence-corrected chi connectivity index (χ3v) is 7.12. The predicted molar refractivity (Wildman–Crippen MR) is 85.9 cm³/mol. The number of nitrogens with zero attached hydrogens (tertiary/aromatic N) is 2. The Morgan fingerprint density at radius 3 is 3.06 bits per heavy atom. The van der Waals surface area contributed by atoms with Crippen molar-refractivity contribution in [2.45, 2.75) is 19.9 Å². The highest BCUT2D eigenvalue weighted by Crippen LogP contribution is 2.32. The van der Waals surface area contributed by atoms with Gasteiger partial charge in [0.05, 0.1) is 5.75 Å². The van der Waals surface area contributed by atoms with Gasteiger partial charge in [0.1, 0.15) is 15.1 Å². The lowest BCUT2D eigenvalue weighted by Crippen LogP contribution is -2.30. The average molecular weight is 301 g/mol. The van der Waals surface area contributed by atoms with Crippen LogP contribution < -0.4 is 0 Å². The molecular formula is C12H17N2OS3+. The van der Waals surface area contributed by atoms with Crippen LogP contribution in [0, 0.1) is 0 Å². The number of thioether (sulfide) groups is 1. The van der Waals surface area contributed by atoms with E-state index in [0.29, 0.717) is 16.9 Å². The molecule has 2 aliphatic rings. The molecule has 98 valence electrons. The number of thiocarbonyl (C=S) groups is 1. The number of hydrogen-bond donors (Lipinski definition) is 0. The summed E-state index contributed by atoms with van der Waals surface area (Å²) in [6, 6.07) is 0.515. The van der Waals surface area contributed by atoms with E-state index in [1.165, 1.54) is 11.8 Å². The molecule has 0 aliphatic carbocycles. The van der Waals surface area contributed by atoms with Crippen molar-refractivity contribution in [2.24, 2.45) is 0 Å². The van der Waals surface area contributed by atoms with Crippen LogP contribution in [0.4, 0.5) is 0 Å². The Kier molecular flexibility index (Phi) is 4.40. The highest BCUT2D eigenvalue weighted by molar-refractivity contribution is 8.49. The Balaban J connectivity index is 2.31. The molecule has 0 aromatic heterocycles. The molecule has 2 heterocycles. The normalized spacial score (nSPS) is 30.0. The minimum atomic E-state index is -0.0702. The SMILES string of the molecule is C=CCN1C(=O)C(=S2C=[N+](CC)C(C)C2)SC1=S. The first-order valence-corrected chi connectivity index (χ1v) is 8.58. The van der Waals surface area contributed by atoms with Gasteiger partial charge in [0, 0.05) is 6.54 Å². The highest BCUT2D eigenvalue weighted by Gasteiger charge is 2.36. The second-order valence-corrected chi connectivity index (χ2v) is 7.95. The molecule has 0 aromatic carbocycles. The van der Waals surface area contributed by atoms with Crippen LogP contribution in [-0.4, -0.2) is 54.3 Å². The minimum absolute atomic E-state index is 0.0702. The van der Waals surface area contributed by atoms with Gasteiger partial charge in [-0.15, -0.1) is 6.58 Å². The summed E-state index contributed by atoms with van der Waals surface area (Å²) in [5.41, 5.74) is 2.21. The van der Waals surface area contributed by atoms with Crippen molar-refractivity contribution < 1.29 is 9.37 Å². The molecule has 6 heteroatoms. The Hall–Kier alpha value is -0.460. The van der Waals surface area contributed by atoms with E-state index in [4.69, 9.17) is 12.2 Å². The van der Waals surface area contributed by atoms with Crippen molar-refractivity contribution in [3.63, 3.8) is 0 Å². The fourth-order valence-corrected chi connectivity index (χ4v) is 6.25. The molecule has 0 aromatic rings. The van der Waals surface area contributed by atoms with E-state index in [1.807, 2.05) is 0 Å². The molecule has 0 spiro atoms. The summed E-state index contributed by atoms with van der Waals surface area (Å²) in [6.45, 7) is 9.52. The molecular weight excluding hydrogens is 284 g/mol. The monoisotopic (exact) mass is 301 g/mol. The van der Waals surface area contributed by atoms with E-state index < -0.39 is 0 Å². The van der Waals surface area contributed by atoms with Crippen molar-refractivity contribution >= 4 is 54.4 Å². The molecule has 2 rings (SSSR count). The second kappa shape index (κ2) is 5.67. The quantitative estimate of drug-likeness (QED) is 0.452. The number of carbonyl (C=O) groups is 1. The fourth-order valence-electron chi connectivity index (χ4n) is 2.00. The number of carbonyl (C=O) groups excluding carboxylic acids is 1. The Bertz CT molecular complexity index is 482. The van der Waals surface area contributed by atoms with E-state index >= 15 is 0 Å². The maximum absolute atomic E-state index is 12.3. The highest BCUT2D eigenvalue weighted by atomic mass is 32.2. The third kappa shape index (κ3) is 2.46. The zero-order valence-electron chi connectivity index (χ0n) is 10.6. The van der Waals surface area contributed by atoms with Gasteiger partial charge < -0.3 is 0 Å². The van der Waals surface area contributed by atoms with Gasteiger partial charge in [-0.1, -0.05) is 28.8 Å². The zero-order chi connectivity index (χ0) is 13.3. The van der Waals surface area contributed by atoms with E-state index in [9.17, 15) is 4.79 Å². The molecule has 0 bridgehead atoms. The van der Waals surface area contributed by atoms with Gasteiger partial charge in [0.15, 0.2) is 11.6 Å². The molecule has 0 N–H and O–H groups in total. The summed E-state index contributed by atoms with van der Waals surface area (Å²) in [5, 5.41) is 0. The lowest BCUT2D eigenvalue weighted by atomic mass is 10.4. The van der Waals surface area contributed by atoms with Crippen molar-refractivity contribution in [2.75, 3.05) is 18.8 Å². The molecule has 2 unspecified atom stereocenters. The van der Waals surface area contributed by atoms with Gasteiger partial charge in [0.25, 0.3) is 5.91 Å². The smallest absolute Gasteiger partial charge is 0.272 e. The van der Waals surface area contributed by atoms with Crippen molar-refractivity contribution in [3.05, 3.63) is 12.7 Å². The molecule has 3 nitrogen and oxygen atoms in total. The van der Waals surface area contributed by atoms with Crippen molar-refractivity contribution in [1.29, 1.82) is 0 Å². The first kappa shape index (κ1) is 14.0. The Labute approximate surface area is 120 Å². The molecule has 1 saturated heterocycles. The van der Waals surface area contributed by atoms with E-state index in [1.54, 1.807) is 11.0 Å². The molecule has 18 heavy (non-hydrogen) atoms. The van der Waals surface area contributed by atoms with Crippen molar-refractivity contribution in [3.8, 4) is 0 Å². The van der Waals surface area contributed by atoms with Gasteiger partial charge in [-0.05, 0) is 25.6 Å². The maximum atomic E-state index is 12.3. The summed E-state index contributed by atoms with van der Waals surface area (Å²) in [5.74, 6) is 1.11. The topological polar surface area (TPSA) is 23.3 Å². The number of amides is 1. The maximum Gasteiger partial charge on any atom is 0.272 e. The van der Waals surface area contributed by atoms with Crippen LogP contribution in [0.2, 0.25) is 0 Å². The molecule has 2 atom stereocenters. The third-order valence-electron chi connectivity index (χ3n) is 2.98. The number of rotatable bonds is 3. The summed E-state index contributed by atoms with van der Waals surface area (Å²) < 4.78 is 3.88. The molecule has 1 fully saturated rings. The number of hydrogen-bond acceptors (Lipinski definition) is 3. The van der Waals surface area contributed by atoms with Crippen molar-refractivity contribution in [1.82, 2.24) is 4.90 Å². The van der Waals surface area contributed by atoms with Crippen LogP contribution in [0.3, 0.4) is 0 Å². The predicted octanol–water partition coefficient (Wildman–Crippen LogP) is 1.89. The lowest BCUT2D eigenvalue weighted by molar-refractivity contribution is -0.544. The van der Waals surface area contributed by atoms with Crippen LogP contribution in [0.1, 0.15) is 13.8 Å².